The molecule has 4 rings (SSSR count). The van der Waals surface area contributed by atoms with Gasteiger partial charge in [-0.3, -0.25) is 0 Å². The van der Waals surface area contributed by atoms with Gasteiger partial charge in [-0.25, -0.2) is 19.3 Å². The molecule has 8 nitrogen and oxygen atoms in total. The van der Waals surface area contributed by atoms with E-state index in [4.69, 9.17) is 16.3 Å². The van der Waals surface area contributed by atoms with E-state index in [2.05, 4.69) is 20.4 Å². The summed E-state index contributed by atoms with van der Waals surface area (Å²) in [6.07, 6.45) is 8.12. The maximum absolute atomic E-state index is 12.5. The lowest BCUT2D eigenvalue weighted by molar-refractivity contribution is 0.111. The number of hydrogen-bond acceptors (Lipinski definition) is 5. The van der Waals surface area contributed by atoms with Gasteiger partial charge in [-0.2, -0.15) is 5.10 Å². The Labute approximate surface area is 154 Å². The predicted octanol–water partition coefficient (Wildman–Crippen LogP) is 2.85. The van der Waals surface area contributed by atoms with Crippen LogP contribution in [0.1, 0.15) is 12.8 Å². The summed E-state index contributed by atoms with van der Waals surface area (Å²) in [7, 11) is 0. The number of aromatic nitrogens is 4. The Balaban J connectivity index is 1.32. The highest BCUT2D eigenvalue weighted by Crippen LogP contribution is 2.20. The summed E-state index contributed by atoms with van der Waals surface area (Å²) in [6.45, 7) is 1.22. The fourth-order valence-corrected chi connectivity index (χ4v) is 3.00. The monoisotopic (exact) mass is 372 g/mol. The summed E-state index contributed by atoms with van der Waals surface area (Å²) in [5.41, 5.74) is 1.22. The third-order valence-electron chi connectivity index (χ3n) is 4.24. The molecule has 3 aromatic heterocycles. The molecule has 26 heavy (non-hydrogen) atoms. The number of hydrogen-bond donors (Lipinski definition) is 1. The van der Waals surface area contributed by atoms with Crippen LogP contribution in [-0.4, -0.2) is 49.7 Å². The van der Waals surface area contributed by atoms with Gasteiger partial charge in [0.1, 0.15) is 11.8 Å². The van der Waals surface area contributed by atoms with Crippen molar-refractivity contribution in [3.63, 3.8) is 0 Å². The number of urea groups is 1. The van der Waals surface area contributed by atoms with E-state index in [1.54, 1.807) is 52.4 Å². The maximum Gasteiger partial charge on any atom is 0.321 e. The summed E-state index contributed by atoms with van der Waals surface area (Å²) < 4.78 is 7.47. The van der Waals surface area contributed by atoms with Gasteiger partial charge in [0.25, 0.3) is 0 Å². The number of likely N-dealkylation sites (tertiary alicyclic amines) is 1. The van der Waals surface area contributed by atoms with Crippen molar-refractivity contribution in [1.82, 2.24) is 24.5 Å². The lowest BCUT2D eigenvalue weighted by atomic mass is 10.1. The summed E-state index contributed by atoms with van der Waals surface area (Å²) in [6, 6.07) is 5.12. The topological polar surface area (TPSA) is 84.7 Å². The van der Waals surface area contributed by atoms with E-state index in [0.29, 0.717) is 35.3 Å². The SMILES string of the molecule is O=C(Nc1cnn2cccnc12)N1CCC(Oc2ccc(Cl)cn2)CC1. The number of nitrogens with zero attached hydrogens (tertiary/aromatic N) is 5. The van der Waals surface area contributed by atoms with Crippen molar-refractivity contribution in [3.05, 3.63) is 48.0 Å². The van der Waals surface area contributed by atoms with E-state index in [-0.39, 0.29) is 12.1 Å². The van der Waals surface area contributed by atoms with Crippen LogP contribution in [0.3, 0.4) is 0 Å². The third-order valence-corrected chi connectivity index (χ3v) is 4.46. The molecular formula is C17H17ClN6O2. The van der Waals surface area contributed by atoms with Gasteiger partial charge < -0.3 is 15.0 Å². The number of carbonyl (C=O) groups is 1. The summed E-state index contributed by atoms with van der Waals surface area (Å²) in [4.78, 5) is 22.6. The van der Waals surface area contributed by atoms with Gasteiger partial charge in [-0.15, -0.1) is 0 Å². The van der Waals surface area contributed by atoms with E-state index in [1.165, 1.54) is 0 Å². The first-order valence-electron chi connectivity index (χ1n) is 8.31. The van der Waals surface area contributed by atoms with Gasteiger partial charge in [0, 0.05) is 50.6 Å². The smallest absolute Gasteiger partial charge is 0.321 e. The molecule has 0 unspecified atom stereocenters. The van der Waals surface area contributed by atoms with Crippen molar-refractivity contribution < 1.29 is 9.53 Å². The number of ether oxygens (including phenoxy) is 1. The van der Waals surface area contributed by atoms with E-state index in [1.807, 2.05) is 0 Å². The van der Waals surface area contributed by atoms with Crippen LogP contribution in [0.25, 0.3) is 5.65 Å². The number of nitrogens with one attached hydrogen (secondary N) is 1. The van der Waals surface area contributed by atoms with E-state index >= 15 is 0 Å². The van der Waals surface area contributed by atoms with Gasteiger partial charge in [0.15, 0.2) is 5.65 Å². The Morgan fingerprint density at radius 3 is 2.85 bits per heavy atom. The fraction of sp³-hybridized carbons (Fsp3) is 0.294. The number of halogens is 1. The van der Waals surface area contributed by atoms with Gasteiger partial charge in [0.2, 0.25) is 5.88 Å². The second kappa shape index (κ2) is 7.17. The molecule has 1 saturated heterocycles. The van der Waals surface area contributed by atoms with Gasteiger partial charge in [-0.1, -0.05) is 11.6 Å². The van der Waals surface area contributed by atoms with Crippen LogP contribution in [0.2, 0.25) is 5.02 Å². The number of anilines is 1. The number of pyridine rings is 1. The van der Waals surface area contributed by atoms with Crippen LogP contribution in [-0.2, 0) is 0 Å². The van der Waals surface area contributed by atoms with Crippen molar-refractivity contribution in [1.29, 1.82) is 0 Å². The van der Waals surface area contributed by atoms with Crippen LogP contribution in [0.4, 0.5) is 10.5 Å². The molecule has 3 aromatic rings. The molecule has 0 radical (unpaired) electrons. The highest BCUT2D eigenvalue weighted by Gasteiger charge is 2.25. The normalized spacial score (nSPS) is 15.2. The van der Waals surface area contributed by atoms with Crippen molar-refractivity contribution in [2.75, 3.05) is 18.4 Å². The average molecular weight is 373 g/mol. The molecule has 0 saturated carbocycles. The van der Waals surface area contributed by atoms with Crippen LogP contribution >= 0.6 is 11.6 Å². The zero-order chi connectivity index (χ0) is 17.9. The maximum atomic E-state index is 12.5. The first-order chi connectivity index (χ1) is 12.7. The fourth-order valence-electron chi connectivity index (χ4n) is 2.89. The quantitative estimate of drug-likeness (QED) is 0.764. The molecule has 0 bridgehead atoms. The second-order valence-corrected chi connectivity index (χ2v) is 6.43. The Kier molecular flexibility index (Phi) is 4.57. The lowest BCUT2D eigenvalue weighted by Gasteiger charge is -2.31. The van der Waals surface area contributed by atoms with Crippen LogP contribution in [0.5, 0.6) is 5.88 Å². The molecular weight excluding hydrogens is 356 g/mol. The molecule has 0 atom stereocenters. The zero-order valence-electron chi connectivity index (χ0n) is 13.9. The van der Waals surface area contributed by atoms with Crippen LogP contribution in [0, 0.1) is 0 Å². The molecule has 134 valence electrons. The molecule has 1 N–H and O–H groups in total. The molecule has 4 heterocycles. The average Bonchev–Trinajstić information content (AvgIpc) is 3.07. The summed E-state index contributed by atoms with van der Waals surface area (Å²) in [5.74, 6) is 0.551. The first-order valence-corrected chi connectivity index (χ1v) is 8.69. The minimum absolute atomic E-state index is 0.0337. The number of fused-ring (bicyclic) bond motifs is 1. The van der Waals surface area contributed by atoms with E-state index in [0.717, 1.165) is 12.8 Å². The molecule has 1 aliphatic heterocycles. The number of carbonyl (C=O) groups excluding carboxylic acids is 1. The molecule has 0 spiro atoms. The predicted molar refractivity (Wildman–Crippen MR) is 96.5 cm³/mol. The highest BCUT2D eigenvalue weighted by atomic mass is 35.5. The minimum Gasteiger partial charge on any atom is -0.474 e. The van der Waals surface area contributed by atoms with Gasteiger partial charge in [-0.05, 0) is 12.1 Å². The van der Waals surface area contributed by atoms with E-state index in [9.17, 15) is 4.79 Å². The second-order valence-electron chi connectivity index (χ2n) is 6.00. The standard InChI is InChI=1S/C17H17ClN6O2/c18-12-2-3-15(20-10-12)26-13-4-8-23(9-5-13)17(25)22-14-11-21-24-7-1-6-19-16(14)24/h1-3,6-7,10-11,13H,4-5,8-9H2,(H,22,25). The van der Waals surface area contributed by atoms with Crippen LogP contribution in [0.15, 0.2) is 43.0 Å². The Morgan fingerprint density at radius 1 is 1.23 bits per heavy atom. The van der Waals surface area contributed by atoms with Crippen molar-refractivity contribution in [3.8, 4) is 5.88 Å². The number of amides is 2. The number of piperidine rings is 1. The molecule has 9 heteroatoms. The summed E-state index contributed by atoms with van der Waals surface area (Å²) >= 11 is 5.82. The Bertz CT molecular complexity index is 905. The Hall–Kier alpha value is -2.87. The Morgan fingerprint density at radius 2 is 2.08 bits per heavy atom. The molecule has 2 amide bonds. The van der Waals surface area contributed by atoms with Crippen molar-refractivity contribution in [2.24, 2.45) is 0 Å². The lowest BCUT2D eigenvalue weighted by Crippen LogP contribution is -2.43. The van der Waals surface area contributed by atoms with Gasteiger partial charge >= 0.3 is 6.03 Å². The highest BCUT2D eigenvalue weighted by molar-refractivity contribution is 6.30. The molecule has 0 aromatic carbocycles. The van der Waals surface area contributed by atoms with E-state index < -0.39 is 0 Å². The third kappa shape index (κ3) is 3.55. The van der Waals surface area contributed by atoms with Crippen molar-refractivity contribution in [2.45, 2.75) is 18.9 Å². The summed E-state index contributed by atoms with van der Waals surface area (Å²) in [5, 5.41) is 7.62. The van der Waals surface area contributed by atoms with Crippen LogP contribution < -0.4 is 10.1 Å². The zero-order valence-corrected chi connectivity index (χ0v) is 14.6. The molecule has 0 aliphatic carbocycles. The number of rotatable bonds is 3. The molecule has 1 aliphatic rings. The first kappa shape index (κ1) is 16.6. The minimum atomic E-state index is -0.159. The molecule has 1 fully saturated rings. The van der Waals surface area contributed by atoms with Crippen molar-refractivity contribution >= 4 is 29.0 Å². The van der Waals surface area contributed by atoms with Gasteiger partial charge in [0.05, 0.1) is 11.2 Å². The largest absolute Gasteiger partial charge is 0.474 e.